The average Bonchev–Trinajstić information content (AvgIpc) is 1.78. The largest absolute Gasteiger partial charge is 0.519 e. The fourth-order valence-electron chi connectivity index (χ4n) is 8.00. The Kier molecular flexibility index (Phi) is 73.9. The summed E-state index contributed by atoms with van der Waals surface area (Å²) >= 11 is 6.54. The highest BCUT2D eigenvalue weighted by Gasteiger charge is 2.35. The van der Waals surface area contributed by atoms with Crippen LogP contribution in [0, 0.1) is 13.8 Å². The minimum Gasteiger partial charge on any atom is -0.457 e. The number of unbranched alkanes of at least 4 members (excludes halogenated alkanes) is 6. The van der Waals surface area contributed by atoms with Crippen LogP contribution in [-0.2, 0) is 99.4 Å². The molecule has 0 saturated carbocycles. The molecular formula is C67H115N11O24S9. The van der Waals surface area contributed by atoms with E-state index in [-0.39, 0.29) is 142 Å². The molecule has 35 nitrogen and oxygen atoms in total. The molecule has 1 saturated heterocycles. The van der Waals surface area contributed by atoms with E-state index < -0.39 is 95.4 Å². The molecule has 111 heavy (non-hydrogen) atoms. The van der Waals surface area contributed by atoms with Gasteiger partial charge in [-0.15, -0.1) is 5.06 Å². The molecule has 2 aromatic rings. The van der Waals surface area contributed by atoms with Crippen LogP contribution >= 0.6 is 101 Å². The Morgan fingerprint density at radius 3 is 1.08 bits per heavy atom. The van der Waals surface area contributed by atoms with Crippen LogP contribution in [0.3, 0.4) is 0 Å². The molecule has 0 spiro atoms. The predicted octanol–water partition coefficient (Wildman–Crippen LogP) is 5.37. The number of rotatable bonds is 47. The van der Waals surface area contributed by atoms with E-state index >= 15 is 0 Å². The van der Waals surface area contributed by atoms with Gasteiger partial charge in [0, 0.05) is 111 Å². The van der Waals surface area contributed by atoms with E-state index in [2.05, 4.69) is 107 Å². The fourth-order valence-corrected chi connectivity index (χ4v) is 9.50. The number of hydroxylamine groups is 2. The number of nitrogens with two attached hydrogens (primary N) is 2. The number of nitrogens with one attached hydrogen (secondary N) is 8. The highest BCUT2D eigenvalue weighted by Crippen LogP contribution is 2.16. The van der Waals surface area contributed by atoms with E-state index in [0.717, 1.165) is 44.3 Å². The van der Waals surface area contributed by atoms with E-state index in [9.17, 15) is 81.5 Å². The molecule has 2 aromatic heterocycles. The minimum atomic E-state index is -1.37. The summed E-state index contributed by atoms with van der Waals surface area (Å²) in [7, 11) is 15.1. The highest BCUT2D eigenvalue weighted by atomic mass is 33.1. The van der Waals surface area contributed by atoms with Crippen molar-refractivity contribution in [2.24, 2.45) is 11.5 Å². The van der Waals surface area contributed by atoms with Crippen molar-refractivity contribution in [2.75, 3.05) is 102 Å². The average molecular weight is 1750 g/mol. The Bertz CT molecular complexity index is 3150. The number of nitrogens with zero attached hydrogens (tertiary/aromatic N) is 1. The van der Waals surface area contributed by atoms with Crippen molar-refractivity contribution in [3.8, 4) is 0 Å². The summed E-state index contributed by atoms with van der Waals surface area (Å²) in [5.74, 6) is -6.14. The number of carbonyl (C=O) groups is 15. The Morgan fingerprint density at radius 1 is 0.450 bits per heavy atom. The van der Waals surface area contributed by atoms with E-state index in [1.54, 1.807) is 64.8 Å². The van der Waals surface area contributed by atoms with E-state index in [0.29, 0.717) is 55.3 Å². The van der Waals surface area contributed by atoms with Gasteiger partial charge < -0.3 is 86.0 Å². The van der Waals surface area contributed by atoms with Gasteiger partial charge in [0.2, 0.25) is 47.3 Å². The van der Waals surface area contributed by atoms with Crippen LogP contribution in [0.1, 0.15) is 172 Å². The van der Waals surface area contributed by atoms with E-state index in [1.807, 2.05) is 0 Å². The topological polar surface area (TPSA) is 522 Å². The second-order valence-electron chi connectivity index (χ2n) is 22.3. The van der Waals surface area contributed by atoms with Crippen molar-refractivity contribution in [3.05, 3.63) is 44.3 Å². The van der Waals surface area contributed by atoms with Gasteiger partial charge in [-0.1, -0.05) is 108 Å². The zero-order valence-electron chi connectivity index (χ0n) is 65.6. The number of hydrogen-bond acceptors (Lipinski definition) is 35. The molecule has 0 aliphatic carbocycles. The molecule has 636 valence electrons. The van der Waals surface area contributed by atoms with Gasteiger partial charge in [0.25, 0.3) is 11.8 Å². The summed E-state index contributed by atoms with van der Waals surface area (Å²) in [5, 5.41) is 20.6. The van der Waals surface area contributed by atoms with Crippen molar-refractivity contribution in [1.29, 1.82) is 0 Å². The number of aryl methyl sites for hydroxylation is 2. The zero-order chi connectivity index (χ0) is 84.9. The first-order chi connectivity index (χ1) is 52.9. The highest BCUT2D eigenvalue weighted by molar-refractivity contribution is 8.76. The molecular weight excluding hydrogens is 1630 g/mol. The first-order valence-electron chi connectivity index (χ1n) is 34.9. The van der Waals surface area contributed by atoms with E-state index in [4.69, 9.17) is 28.9 Å². The number of imide groups is 1. The summed E-state index contributed by atoms with van der Waals surface area (Å²) in [6.07, 6.45) is 18.8. The van der Waals surface area contributed by atoms with Gasteiger partial charge in [-0.25, -0.2) is 14.4 Å². The van der Waals surface area contributed by atoms with Gasteiger partial charge in [0.05, 0.1) is 19.3 Å². The SMILES string of the molecule is CC(=O)SCCCCCC(=O)N[C@@H](CC(=O)ON1C(=O)CCC1=O)C(=O)NCCCC(=O)OCc1oc(=O)oc1C.CN.CNC(=O)C[C@H](NC(=O)CCCCCS)C(=O)NCCN.CNC(=O)C[C@H](NC(=O)CCCCCSC(C)=O)C(=O)NCCCC(=O)OCc1oc(=O)oc1C.CSSC.CSSC.CSSC. The van der Waals surface area contributed by atoms with Crippen molar-refractivity contribution in [3.63, 3.8) is 0 Å². The van der Waals surface area contributed by atoms with Crippen molar-refractivity contribution in [1.82, 2.24) is 47.6 Å². The molecule has 3 heterocycles. The second kappa shape index (κ2) is 73.9. The van der Waals surface area contributed by atoms with E-state index in [1.165, 1.54) is 72.4 Å². The van der Waals surface area contributed by atoms with Crippen LogP contribution in [0.15, 0.2) is 27.3 Å². The molecule has 1 aliphatic heterocycles. The lowest BCUT2D eigenvalue weighted by Gasteiger charge is -2.19. The molecule has 10 amide bonds. The molecule has 0 radical (unpaired) electrons. The molecule has 1 fully saturated rings. The minimum absolute atomic E-state index is 0.00417. The van der Waals surface area contributed by atoms with Crippen LogP contribution in [0.25, 0.3) is 0 Å². The van der Waals surface area contributed by atoms with Crippen molar-refractivity contribution in [2.45, 2.75) is 194 Å². The first kappa shape index (κ1) is 111. The Morgan fingerprint density at radius 2 is 0.784 bits per heavy atom. The van der Waals surface area contributed by atoms with Gasteiger partial charge >= 0.3 is 29.6 Å². The molecule has 0 bridgehead atoms. The molecule has 12 N–H and O–H groups in total. The number of thiol groups is 1. The predicted molar refractivity (Wildman–Crippen MR) is 442 cm³/mol. The standard InChI is InChI=1S/C25H33N3O12S.C22H33N3O9S.C13H26N4O3S.3C2H6S2.CH5N/c1-15-18(39-25(36)38-15)14-37-22(33)8-6-11-26-24(35)17(13-23(34)40-28-20(31)9-10-21(28)32)27-19(30)7-4-3-5-12-41-16(2)29;1-14-17(34-22(31)33-14)13-32-20(29)9-7-10-24-21(30)16(12-19(28)23-3)25-18(27)8-5-4-6-11-35-15(2)26;1-15-12(19)9-10(13(20)16-7-6-14)17-11(18)5-3-2-4-8-21;3*1-3-4-2;1-2/h17H,3-14H2,1-2H3,(H,26,35)(H,27,30);16H,4-13H2,1-3H3,(H,23,28)(H,24,30)(H,25,27);10,21H,2-9,14H2,1H3,(H,15,19)(H,16,20)(H,17,18);3*1-2H3;2H2,1H3/t17-;16-;10-;;;;/m000..../s1. The van der Waals surface area contributed by atoms with Gasteiger partial charge in [-0.05, 0) is 116 Å². The summed E-state index contributed by atoms with van der Waals surface area (Å²) < 4.78 is 28.8. The third kappa shape index (κ3) is 63.8. The fraction of sp³-hybridized carbons (Fsp3) is 0.687. The van der Waals surface area contributed by atoms with Crippen LogP contribution in [0.4, 0.5) is 0 Å². The van der Waals surface area contributed by atoms with Crippen molar-refractivity contribution < 1.29 is 104 Å². The van der Waals surface area contributed by atoms with Crippen LogP contribution in [0.2, 0.25) is 0 Å². The van der Waals surface area contributed by atoms with Gasteiger partial charge in [-0.2, -0.15) is 12.6 Å². The molecule has 0 aromatic carbocycles. The first-order valence-corrected chi connectivity index (χ1v) is 46.4. The Balaban J connectivity index is -0.000000736. The van der Waals surface area contributed by atoms with Gasteiger partial charge in [0.1, 0.15) is 18.1 Å². The molecule has 3 rings (SSSR count). The molecule has 44 heteroatoms. The summed E-state index contributed by atoms with van der Waals surface area (Å²) in [6.45, 7) is 6.16. The summed E-state index contributed by atoms with van der Waals surface area (Å²) in [5.41, 5.74) is 9.81. The molecule has 1 aliphatic rings. The number of thioether (sulfide) groups is 2. The van der Waals surface area contributed by atoms with Gasteiger partial charge in [-0.3, -0.25) is 67.1 Å². The third-order valence-electron chi connectivity index (χ3n) is 13.7. The normalized spacial score (nSPS) is 11.7. The zero-order valence-corrected chi connectivity index (χ0v) is 73.0. The Labute approximate surface area is 686 Å². The monoisotopic (exact) mass is 1750 g/mol. The van der Waals surface area contributed by atoms with Crippen LogP contribution in [0.5, 0.6) is 0 Å². The summed E-state index contributed by atoms with van der Waals surface area (Å²) in [6, 6.07) is -3.28. The number of hydrogen-bond donors (Lipinski definition) is 11. The van der Waals surface area contributed by atoms with Crippen LogP contribution in [-0.4, -0.2) is 213 Å². The smallest absolute Gasteiger partial charge is 0.457 e. The molecule has 3 atom stereocenters. The quantitative estimate of drug-likeness (QED) is 0.0130. The maximum atomic E-state index is 12.8. The van der Waals surface area contributed by atoms with Crippen LogP contribution < -0.4 is 65.6 Å². The van der Waals surface area contributed by atoms with Gasteiger partial charge in [0.15, 0.2) is 46.5 Å². The number of ether oxygens (including phenoxy) is 2. The number of esters is 2. The second-order valence-corrected chi connectivity index (χ2v) is 33.2. The van der Waals surface area contributed by atoms with Crippen molar-refractivity contribution >= 4 is 188 Å². The maximum Gasteiger partial charge on any atom is 0.519 e. The lowest BCUT2D eigenvalue weighted by molar-refractivity contribution is -0.197. The Hall–Kier alpha value is -6.26. The molecule has 0 unspecified atom stereocenters. The number of amides is 10. The lowest BCUT2D eigenvalue weighted by atomic mass is 10.1. The number of carbonyl (C=O) groups excluding carboxylic acids is 15. The summed E-state index contributed by atoms with van der Waals surface area (Å²) in [4.78, 5) is 205. The maximum absolute atomic E-state index is 12.8. The third-order valence-corrected chi connectivity index (χ3v) is 19.8. The lowest BCUT2D eigenvalue weighted by Crippen LogP contribution is -2.49.